The fourth-order valence-corrected chi connectivity index (χ4v) is 5.69. The van der Waals surface area contributed by atoms with Gasteiger partial charge in [-0.2, -0.15) is 18.3 Å². The van der Waals surface area contributed by atoms with E-state index in [9.17, 15) is 31.2 Å². The van der Waals surface area contributed by atoms with Gasteiger partial charge in [0.05, 0.1) is 17.9 Å². The number of nitrogens with one attached hydrogen (secondary N) is 1. The molecule has 42 heavy (non-hydrogen) atoms. The zero-order valence-electron chi connectivity index (χ0n) is 24.1. The lowest BCUT2D eigenvalue weighted by Crippen LogP contribution is -2.44. The minimum absolute atomic E-state index is 0.0211. The fourth-order valence-electron chi connectivity index (χ4n) is 4.02. The molecule has 1 aliphatic heterocycles. The number of aryl methyl sites for hydroxylation is 2. The first-order chi connectivity index (χ1) is 19.5. The van der Waals surface area contributed by atoms with Gasteiger partial charge in [-0.25, -0.2) is 13.2 Å². The van der Waals surface area contributed by atoms with Crippen molar-refractivity contribution in [1.82, 2.24) is 9.78 Å². The molecule has 2 heterocycles. The summed E-state index contributed by atoms with van der Waals surface area (Å²) < 4.78 is 85.8. The molecule has 0 radical (unpaired) electrons. The number of carbonyl (C=O) groups is 2. The molecule has 3 rings (SSSR count). The summed E-state index contributed by atoms with van der Waals surface area (Å²) >= 11 is 0. The third-order valence-corrected chi connectivity index (χ3v) is 8.12. The highest BCUT2D eigenvalue weighted by Gasteiger charge is 2.51. The van der Waals surface area contributed by atoms with E-state index in [1.54, 1.807) is 20.8 Å². The molecule has 0 unspecified atom stereocenters. The maximum atomic E-state index is 14.0. The first kappa shape index (κ1) is 32.7. The van der Waals surface area contributed by atoms with Crippen LogP contribution in [0, 0.1) is 6.92 Å². The highest BCUT2D eigenvalue weighted by Crippen LogP contribution is 2.40. The van der Waals surface area contributed by atoms with Gasteiger partial charge < -0.3 is 14.2 Å². The second-order valence-corrected chi connectivity index (χ2v) is 11.7. The van der Waals surface area contributed by atoms with Gasteiger partial charge in [-0.05, 0) is 59.2 Å². The number of carbonyl (C=O) groups excluding carboxylic acids is 2. The number of aliphatic imine (C=N–C) groups is 1. The lowest BCUT2D eigenvalue weighted by atomic mass is 10.1. The van der Waals surface area contributed by atoms with Crippen LogP contribution in [0.3, 0.4) is 0 Å². The smallest absolute Gasteiger partial charge is 0.427 e. The van der Waals surface area contributed by atoms with E-state index in [0.717, 1.165) is 4.31 Å². The van der Waals surface area contributed by atoms with Crippen molar-refractivity contribution in [2.24, 2.45) is 4.99 Å². The number of hydrogen-bond acceptors (Lipinski definition) is 9. The van der Waals surface area contributed by atoms with Gasteiger partial charge in [0, 0.05) is 38.3 Å². The Labute approximate surface area is 241 Å². The molecule has 12 nitrogen and oxygen atoms in total. The van der Waals surface area contributed by atoms with Crippen LogP contribution >= 0.6 is 0 Å². The molecule has 1 N–H and O–H groups in total. The molecule has 16 heteroatoms. The highest BCUT2D eigenvalue weighted by molar-refractivity contribution is 7.92. The Morgan fingerprint density at radius 2 is 1.93 bits per heavy atom. The molecule has 1 atom stereocenters. The molecule has 1 aliphatic rings. The van der Waals surface area contributed by atoms with Crippen molar-refractivity contribution in [2.45, 2.75) is 83.7 Å². The number of halogens is 3. The predicted molar refractivity (Wildman–Crippen MR) is 147 cm³/mol. The maximum Gasteiger partial charge on any atom is 0.427 e. The lowest BCUT2D eigenvalue weighted by molar-refractivity contribution is -0.242. The van der Waals surface area contributed by atoms with Crippen molar-refractivity contribution in [3.05, 3.63) is 30.1 Å². The van der Waals surface area contributed by atoms with Gasteiger partial charge >= 0.3 is 18.2 Å². The zero-order valence-corrected chi connectivity index (χ0v) is 24.9. The van der Waals surface area contributed by atoms with E-state index < -0.39 is 40.0 Å². The molecule has 0 aliphatic carbocycles. The monoisotopic (exact) mass is 617 g/mol. The average molecular weight is 618 g/mol. The van der Waals surface area contributed by atoms with Crippen molar-refractivity contribution in [2.75, 3.05) is 22.7 Å². The van der Waals surface area contributed by atoms with Gasteiger partial charge in [-0.3, -0.25) is 24.1 Å². The maximum absolute atomic E-state index is 14.0. The molecule has 0 bridgehead atoms. The van der Waals surface area contributed by atoms with Gasteiger partial charge in [-0.1, -0.05) is 0 Å². The number of esters is 1. The Balaban J connectivity index is 1.97. The number of aromatic nitrogens is 2. The first-order valence-electron chi connectivity index (χ1n) is 13.1. The van der Waals surface area contributed by atoms with Crippen LogP contribution in [0.2, 0.25) is 0 Å². The third kappa shape index (κ3) is 7.52. The van der Waals surface area contributed by atoms with Gasteiger partial charge in [0.25, 0.3) is 10.0 Å². The van der Waals surface area contributed by atoms with Crippen LogP contribution in [0.4, 0.5) is 29.3 Å². The van der Waals surface area contributed by atoms with Crippen molar-refractivity contribution >= 4 is 39.4 Å². The number of hydrogen-bond donors (Lipinski definition) is 1. The van der Waals surface area contributed by atoms with Crippen LogP contribution in [0.5, 0.6) is 5.75 Å². The number of fused-ring (bicyclic) bond motifs is 1. The van der Waals surface area contributed by atoms with Gasteiger partial charge in [0.2, 0.25) is 5.60 Å². The molecule has 1 aromatic heterocycles. The van der Waals surface area contributed by atoms with E-state index in [1.165, 1.54) is 36.0 Å². The van der Waals surface area contributed by atoms with Crippen LogP contribution in [-0.2, 0) is 30.8 Å². The number of amides is 1. The van der Waals surface area contributed by atoms with E-state index in [1.807, 2.05) is 0 Å². The Morgan fingerprint density at radius 3 is 2.50 bits per heavy atom. The largest absolute Gasteiger partial charge is 0.486 e. The Morgan fingerprint density at radius 1 is 1.24 bits per heavy atom. The van der Waals surface area contributed by atoms with Crippen LogP contribution in [0.25, 0.3) is 0 Å². The summed E-state index contributed by atoms with van der Waals surface area (Å²) in [6.45, 7) is 8.43. The van der Waals surface area contributed by atoms with Crippen LogP contribution in [0.1, 0.15) is 53.2 Å². The van der Waals surface area contributed by atoms with Crippen LogP contribution in [-0.4, -0.2) is 67.1 Å². The molecule has 232 valence electrons. The van der Waals surface area contributed by atoms with Crippen molar-refractivity contribution in [3.63, 3.8) is 0 Å². The molecule has 0 saturated heterocycles. The second kappa shape index (κ2) is 12.6. The number of alkyl halides is 3. The number of anilines is 2. The second-order valence-electron chi connectivity index (χ2n) is 9.92. The summed E-state index contributed by atoms with van der Waals surface area (Å²) in [5.74, 6) is -0.207. The highest BCUT2D eigenvalue weighted by atomic mass is 32.2. The van der Waals surface area contributed by atoms with E-state index in [0.29, 0.717) is 26.9 Å². The summed E-state index contributed by atoms with van der Waals surface area (Å²) in [5.41, 5.74) is -2.47. The number of sulfonamides is 1. The Hall–Kier alpha value is -3.82. The van der Waals surface area contributed by atoms with Crippen LogP contribution < -0.4 is 14.4 Å². The van der Waals surface area contributed by atoms with E-state index >= 15 is 0 Å². The van der Waals surface area contributed by atoms with Crippen LogP contribution in [0.15, 0.2) is 34.3 Å². The van der Waals surface area contributed by atoms with Gasteiger partial charge in [0.15, 0.2) is 5.90 Å². The topological polar surface area (TPSA) is 141 Å². The van der Waals surface area contributed by atoms with E-state index in [2.05, 4.69) is 20.1 Å². The predicted octanol–water partition coefficient (Wildman–Crippen LogP) is 4.82. The molecule has 1 amide bonds. The van der Waals surface area contributed by atoms with Crippen molar-refractivity contribution in [3.8, 4) is 5.75 Å². The normalized spacial score (nSPS) is 16.0. The minimum atomic E-state index is -4.81. The molecule has 2 aromatic rings. The molecular formula is C26H34F3N5O7S. The van der Waals surface area contributed by atoms with Gasteiger partial charge in [-0.15, -0.1) is 0 Å². The lowest BCUT2D eigenvalue weighted by Gasteiger charge is -2.35. The first-order valence-corrected chi connectivity index (χ1v) is 14.6. The number of nitrogens with zero attached hydrogens (tertiary/aromatic N) is 4. The summed E-state index contributed by atoms with van der Waals surface area (Å²) in [6.07, 6.45) is -5.05. The summed E-state index contributed by atoms with van der Waals surface area (Å²) in [4.78, 5) is 27.9. The number of rotatable bonds is 9. The quantitative estimate of drug-likeness (QED) is 0.240. The minimum Gasteiger partial charge on any atom is -0.486 e. The number of ether oxygens (including phenoxy) is 3. The standard InChI is InChI=1S/C26H34F3N5O7S/c1-7-30-23(39-17(4)35)12-10-19-14-34(42(37,38)22-15-33(8-2)32-16(22)3)20-13-18(9-11-21(20)40-19)31-24(36)41-25(5,6)26(27,28)29/h9,11,13,15,19H,7-8,10,12,14H2,1-6H3,(H,31,36)/t19-/m0/s1. The molecule has 0 saturated carbocycles. The van der Waals surface area contributed by atoms with E-state index in [-0.39, 0.29) is 53.0 Å². The molecule has 0 spiro atoms. The van der Waals surface area contributed by atoms with Crippen molar-refractivity contribution < 1.29 is 45.4 Å². The van der Waals surface area contributed by atoms with Crippen molar-refractivity contribution in [1.29, 1.82) is 0 Å². The Bertz CT molecular complexity index is 1450. The van der Waals surface area contributed by atoms with Gasteiger partial charge in [0.1, 0.15) is 16.7 Å². The summed E-state index contributed by atoms with van der Waals surface area (Å²) in [7, 11) is -4.23. The number of benzene rings is 1. The third-order valence-electron chi connectivity index (χ3n) is 6.24. The molecule has 0 fully saturated rings. The summed E-state index contributed by atoms with van der Waals surface area (Å²) in [6, 6.07) is 4.01. The molecular weight excluding hydrogens is 583 g/mol. The SMILES string of the molecule is CCN=C(CC[C@H]1CN(S(=O)(=O)c2cn(CC)nc2C)c2cc(NC(=O)OC(C)(C)C(F)(F)F)ccc2O1)OC(C)=O. The summed E-state index contributed by atoms with van der Waals surface area (Å²) in [5, 5.41) is 6.45. The van der Waals surface area contributed by atoms with E-state index in [4.69, 9.17) is 9.47 Å². The molecule has 1 aromatic carbocycles. The zero-order chi connectivity index (χ0) is 31.5. The average Bonchev–Trinajstić information content (AvgIpc) is 3.27. The fraction of sp³-hybridized carbons (Fsp3) is 0.538. The Kier molecular flexibility index (Phi) is 9.80.